The largest absolute Gasteiger partial charge is 0.494 e. The van der Waals surface area contributed by atoms with Gasteiger partial charge in [0, 0.05) is 37.1 Å². The van der Waals surface area contributed by atoms with Crippen LogP contribution < -0.4 is 4.74 Å². The normalized spacial score (nSPS) is 15.0. The highest BCUT2D eigenvalue weighted by atomic mass is 32.1. The molecular formula is C21H23N3O3S. The number of piperazine rings is 1. The molecule has 3 heterocycles. The number of thiazole rings is 1. The minimum atomic E-state index is 0.0806. The Kier molecular flexibility index (Phi) is 5.73. The predicted octanol–water partition coefficient (Wildman–Crippen LogP) is 3.76. The first-order chi connectivity index (χ1) is 13.7. The van der Waals surface area contributed by atoms with Gasteiger partial charge < -0.3 is 14.1 Å². The number of carbonyl (C=O) groups is 1. The molecule has 1 fully saturated rings. The monoisotopic (exact) mass is 397 g/mol. The highest BCUT2D eigenvalue weighted by Gasteiger charge is 2.23. The number of nitrogens with zero attached hydrogens (tertiary/aromatic N) is 3. The smallest absolute Gasteiger partial charge is 0.253 e. The molecule has 1 amide bonds. The number of benzene rings is 1. The van der Waals surface area contributed by atoms with Crippen molar-refractivity contribution in [1.82, 2.24) is 14.8 Å². The summed E-state index contributed by atoms with van der Waals surface area (Å²) in [5, 5.41) is 3.09. The number of hydrogen-bond acceptors (Lipinski definition) is 6. The lowest BCUT2D eigenvalue weighted by atomic mass is 10.1. The van der Waals surface area contributed by atoms with Crippen LogP contribution >= 0.6 is 11.3 Å². The number of aromatic nitrogens is 1. The van der Waals surface area contributed by atoms with Gasteiger partial charge in [-0.1, -0.05) is 0 Å². The van der Waals surface area contributed by atoms with E-state index < -0.39 is 0 Å². The second kappa shape index (κ2) is 8.58. The van der Waals surface area contributed by atoms with E-state index >= 15 is 0 Å². The van der Waals surface area contributed by atoms with Crippen molar-refractivity contribution in [3.8, 4) is 17.2 Å². The summed E-state index contributed by atoms with van der Waals surface area (Å²) in [6.07, 6.45) is 1.66. The van der Waals surface area contributed by atoms with Crippen LogP contribution in [0, 0.1) is 0 Å². The summed E-state index contributed by atoms with van der Waals surface area (Å²) in [4.78, 5) is 21.6. The lowest BCUT2D eigenvalue weighted by Crippen LogP contribution is -2.48. The van der Waals surface area contributed by atoms with Gasteiger partial charge in [-0.25, -0.2) is 4.98 Å². The molecule has 1 saturated heterocycles. The van der Waals surface area contributed by atoms with Gasteiger partial charge in [0.2, 0.25) is 0 Å². The highest BCUT2D eigenvalue weighted by molar-refractivity contribution is 7.09. The van der Waals surface area contributed by atoms with Gasteiger partial charge in [0.15, 0.2) is 5.76 Å². The quantitative estimate of drug-likeness (QED) is 0.634. The first-order valence-electron chi connectivity index (χ1n) is 9.45. The van der Waals surface area contributed by atoms with Gasteiger partial charge in [-0.2, -0.15) is 0 Å². The fraction of sp³-hybridized carbons (Fsp3) is 0.333. The second-order valence-corrected chi connectivity index (χ2v) is 7.57. The van der Waals surface area contributed by atoms with Gasteiger partial charge >= 0.3 is 0 Å². The summed E-state index contributed by atoms with van der Waals surface area (Å²) in [5.41, 5.74) is 1.59. The molecule has 146 valence electrons. The predicted molar refractivity (Wildman–Crippen MR) is 109 cm³/mol. The van der Waals surface area contributed by atoms with Crippen LogP contribution in [0.25, 0.3) is 11.5 Å². The maximum absolute atomic E-state index is 12.7. The lowest BCUT2D eigenvalue weighted by molar-refractivity contribution is 0.0628. The van der Waals surface area contributed by atoms with E-state index in [1.807, 2.05) is 53.6 Å². The maximum atomic E-state index is 12.7. The number of hydrogen-bond donors (Lipinski definition) is 0. The van der Waals surface area contributed by atoms with E-state index in [1.54, 1.807) is 17.6 Å². The van der Waals surface area contributed by atoms with E-state index in [1.165, 1.54) is 0 Å². The van der Waals surface area contributed by atoms with Gasteiger partial charge in [0.05, 0.1) is 19.4 Å². The Morgan fingerprint density at radius 2 is 1.96 bits per heavy atom. The number of amides is 1. The third kappa shape index (κ3) is 4.26. The molecule has 0 aliphatic carbocycles. The Labute approximate surface area is 168 Å². The lowest BCUT2D eigenvalue weighted by Gasteiger charge is -2.34. The Hall–Kier alpha value is -2.64. The zero-order valence-corrected chi connectivity index (χ0v) is 16.7. The molecule has 1 aliphatic rings. The van der Waals surface area contributed by atoms with E-state index in [2.05, 4.69) is 9.88 Å². The molecule has 0 atom stereocenters. The van der Waals surface area contributed by atoms with Crippen LogP contribution in [0.1, 0.15) is 22.3 Å². The average Bonchev–Trinajstić information content (AvgIpc) is 3.41. The van der Waals surface area contributed by atoms with Crippen molar-refractivity contribution >= 4 is 17.2 Å². The number of ether oxygens (including phenoxy) is 1. The summed E-state index contributed by atoms with van der Waals surface area (Å²) >= 11 is 1.65. The first-order valence-corrected chi connectivity index (χ1v) is 10.3. The van der Waals surface area contributed by atoms with Crippen molar-refractivity contribution in [3.63, 3.8) is 0 Å². The van der Waals surface area contributed by atoms with Crippen molar-refractivity contribution < 1.29 is 13.9 Å². The van der Waals surface area contributed by atoms with E-state index in [4.69, 9.17) is 9.15 Å². The molecule has 0 spiro atoms. The van der Waals surface area contributed by atoms with Crippen molar-refractivity contribution in [2.24, 2.45) is 0 Å². The molecule has 6 nitrogen and oxygen atoms in total. The highest BCUT2D eigenvalue weighted by Crippen LogP contribution is 2.23. The van der Waals surface area contributed by atoms with E-state index in [-0.39, 0.29) is 5.91 Å². The fourth-order valence-electron chi connectivity index (χ4n) is 3.26. The molecule has 1 aliphatic heterocycles. The minimum Gasteiger partial charge on any atom is -0.494 e. The molecule has 1 aromatic carbocycles. The van der Waals surface area contributed by atoms with Gasteiger partial charge in [-0.15, -0.1) is 11.3 Å². The van der Waals surface area contributed by atoms with Crippen LogP contribution in [-0.2, 0) is 6.54 Å². The summed E-state index contributed by atoms with van der Waals surface area (Å²) in [6, 6.07) is 11.2. The van der Waals surface area contributed by atoms with Crippen LogP contribution in [0.5, 0.6) is 5.75 Å². The summed E-state index contributed by atoms with van der Waals surface area (Å²) in [6.45, 7) is 6.51. The first kappa shape index (κ1) is 18.7. The second-order valence-electron chi connectivity index (χ2n) is 6.63. The molecule has 0 bridgehead atoms. The van der Waals surface area contributed by atoms with Crippen molar-refractivity contribution in [2.75, 3.05) is 32.8 Å². The standard InChI is InChI=1S/C21H23N3O3S/c1-2-26-17-7-5-16(6-8-17)21(25)24-11-9-23(10-12-24)14-20-22-18(15-28-20)19-4-3-13-27-19/h3-8,13,15H,2,9-12,14H2,1H3. The molecule has 3 aromatic rings. The molecule has 2 aromatic heterocycles. The topological polar surface area (TPSA) is 58.8 Å². The van der Waals surface area contributed by atoms with Gasteiger partial charge in [0.1, 0.15) is 16.5 Å². The molecule has 0 saturated carbocycles. The van der Waals surface area contributed by atoms with E-state index in [9.17, 15) is 4.79 Å². The molecule has 28 heavy (non-hydrogen) atoms. The zero-order chi connectivity index (χ0) is 19.3. The van der Waals surface area contributed by atoms with Crippen molar-refractivity contribution in [1.29, 1.82) is 0 Å². The van der Waals surface area contributed by atoms with Crippen molar-refractivity contribution in [3.05, 3.63) is 58.6 Å². The number of rotatable bonds is 6. The van der Waals surface area contributed by atoms with Crippen LogP contribution in [0.3, 0.4) is 0 Å². The van der Waals surface area contributed by atoms with Gasteiger partial charge in [0.25, 0.3) is 5.91 Å². The van der Waals surface area contributed by atoms with Crippen molar-refractivity contribution in [2.45, 2.75) is 13.5 Å². The zero-order valence-electron chi connectivity index (χ0n) is 15.8. The van der Waals surface area contributed by atoms with Crippen LogP contribution in [0.15, 0.2) is 52.5 Å². The molecular weight excluding hydrogens is 374 g/mol. The SMILES string of the molecule is CCOc1ccc(C(=O)N2CCN(Cc3nc(-c4ccco4)cs3)CC2)cc1. The number of furan rings is 1. The van der Waals surface area contributed by atoms with Gasteiger partial charge in [-0.05, 0) is 43.3 Å². The number of carbonyl (C=O) groups excluding carboxylic acids is 1. The van der Waals surface area contributed by atoms with Crippen LogP contribution in [-0.4, -0.2) is 53.5 Å². The molecule has 7 heteroatoms. The minimum absolute atomic E-state index is 0.0806. The van der Waals surface area contributed by atoms with Crippen LogP contribution in [0.4, 0.5) is 0 Å². The molecule has 0 N–H and O–H groups in total. The Morgan fingerprint density at radius 3 is 2.64 bits per heavy atom. The maximum Gasteiger partial charge on any atom is 0.253 e. The average molecular weight is 398 g/mol. The fourth-order valence-corrected chi connectivity index (χ4v) is 4.09. The van der Waals surface area contributed by atoms with E-state index in [0.29, 0.717) is 12.2 Å². The molecule has 4 rings (SSSR count). The Morgan fingerprint density at radius 1 is 1.18 bits per heavy atom. The molecule has 0 unspecified atom stereocenters. The van der Waals surface area contributed by atoms with Gasteiger partial charge in [-0.3, -0.25) is 9.69 Å². The Bertz CT molecular complexity index is 897. The third-order valence-corrected chi connectivity index (χ3v) is 5.59. The summed E-state index contributed by atoms with van der Waals surface area (Å²) in [5.74, 6) is 1.67. The van der Waals surface area contributed by atoms with E-state index in [0.717, 1.165) is 54.9 Å². The van der Waals surface area contributed by atoms with Crippen LogP contribution in [0.2, 0.25) is 0 Å². The molecule has 0 radical (unpaired) electrons. The Balaban J connectivity index is 1.30. The third-order valence-electron chi connectivity index (χ3n) is 4.76. The summed E-state index contributed by atoms with van der Waals surface area (Å²) in [7, 11) is 0. The summed E-state index contributed by atoms with van der Waals surface area (Å²) < 4.78 is 10.8.